The number of hydrogen-bond donors (Lipinski definition) is 0. The van der Waals surface area contributed by atoms with E-state index in [9.17, 15) is 4.39 Å². The standard InChI is InChI=1S/C29H31FO/c1-3-5-7-8-23-11-16-26(17-12-23)28-20-15-25(22-29(28)30)10-9-24-13-18-27(19-14-24)31-21-6-4-2/h11-20,22H,4,6-10,21H2,1-2H3. The molecule has 0 unspecified atom stereocenters. The Bertz CT molecular complexity index is 1010. The Morgan fingerprint density at radius 2 is 1.45 bits per heavy atom. The van der Waals surface area contributed by atoms with E-state index in [1.54, 1.807) is 6.07 Å². The summed E-state index contributed by atoms with van der Waals surface area (Å²) in [4.78, 5) is 0. The van der Waals surface area contributed by atoms with E-state index in [0.29, 0.717) is 5.56 Å². The van der Waals surface area contributed by atoms with Gasteiger partial charge in [0, 0.05) is 12.0 Å². The first-order valence-corrected chi connectivity index (χ1v) is 11.2. The van der Waals surface area contributed by atoms with Crippen molar-refractivity contribution in [2.24, 2.45) is 0 Å². The Labute approximate surface area is 186 Å². The van der Waals surface area contributed by atoms with Crippen LogP contribution >= 0.6 is 0 Å². The van der Waals surface area contributed by atoms with Crippen LogP contribution in [0.3, 0.4) is 0 Å². The minimum atomic E-state index is -0.165. The topological polar surface area (TPSA) is 9.23 Å². The summed E-state index contributed by atoms with van der Waals surface area (Å²) in [5.74, 6) is 6.74. The summed E-state index contributed by atoms with van der Waals surface area (Å²) in [7, 11) is 0. The fraction of sp³-hybridized carbons (Fsp3) is 0.310. The molecule has 0 amide bonds. The van der Waals surface area contributed by atoms with E-state index >= 15 is 0 Å². The van der Waals surface area contributed by atoms with E-state index in [1.165, 1.54) is 11.1 Å². The Hall–Kier alpha value is -3.05. The van der Waals surface area contributed by atoms with Crippen molar-refractivity contribution in [1.29, 1.82) is 0 Å². The first-order valence-electron chi connectivity index (χ1n) is 11.2. The van der Waals surface area contributed by atoms with Crippen LogP contribution in [0.5, 0.6) is 5.75 Å². The first kappa shape index (κ1) is 22.6. The summed E-state index contributed by atoms with van der Waals surface area (Å²) in [6, 6.07) is 22.0. The van der Waals surface area contributed by atoms with Crippen molar-refractivity contribution >= 4 is 0 Å². The monoisotopic (exact) mass is 414 g/mol. The van der Waals surface area contributed by atoms with Crippen LogP contribution in [-0.2, 0) is 19.3 Å². The van der Waals surface area contributed by atoms with E-state index in [1.807, 2.05) is 43.3 Å². The summed E-state index contributed by atoms with van der Waals surface area (Å²) >= 11 is 0. The predicted octanol–water partition coefficient (Wildman–Crippen LogP) is 7.41. The summed E-state index contributed by atoms with van der Waals surface area (Å²) in [5, 5.41) is 0. The maximum absolute atomic E-state index is 14.8. The fourth-order valence-corrected chi connectivity index (χ4v) is 3.51. The second kappa shape index (κ2) is 12.0. The number of halogens is 1. The van der Waals surface area contributed by atoms with Crippen LogP contribution in [0.4, 0.5) is 4.39 Å². The molecule has 0 aliphatic rings. The zero-order valence-corrected chi connectivity index (χ0v) is 18.6. The highest BCUT2D eigenvalue weighted by molar-refractivity contribution is 5.64. The van der Waals surface area contributed by atoms with Gasteiger partial charge in [0.25, 0.3) is 0 Å². The summed E-state index contributed by atoms with van der Waals surface area (Å²) in [5.41, 5.74) is 5.03. The van der Waals surface area contributed by atoms with Gasteiger partial charge < -0.3 is 4.74 Å². The van der Waals surface area contributed by atoms with Crippen molar-refractivity contribution in [3.05, 3.63) is 89.2 Å². The van der Waals surface area contributed by atoms with E-state index < -0.39 is 0 Å². The van der Waals surface area contributed by atoms with Gasteiger partial charge in [-0.25, -0.2) is 4.39 Å². The Balaban J connectivity index is 1.57. The number of ether oxygens (including phenoxy) is 1. The van der Waals surface area contributed by atoms with Crippen LogP contribution in [0.15, 0.2) is 66.7 Å². The quantitative estimate of drug-likeness (QED) is 0.248. The van der Waals surface area contributed by atoms with Crippen molar-refractivity contribution in [2.75, 3.05) is 6.61 Å². The Morgan fingerprint density at radius 3 is 2.13 bits per heavy atom. The van der Waals surface area contributed by atoms with Crippen LogP contribution in [-0.4, -0.2) is 6.61 Å². The molecule has 0 aliphatic carbocycles. The summed E-state index contributed by atoms with van der Waals surface area (Å²) < 4.78 is 20.5. The summed E-state index contributed by atoms with van der Waals surface area (Å²) in [6.45, 7) is 4.77. The van der Waals surface area contributed by atoms with Gasteiger partial charge >= 0.3 is 0 Å². The molecule has 0 bridgehead atoms. The van der Waals surface area contributed by atoms with Crippen molar-refractivity contribution in [1.82, 2.24) is 0 Å². The third-order valence-electron chi connectivity index (χ3n) is 5.41. The van der Waals surface area contributed by atoms with E-state index in [4.69, 9.17) is 4.74 Å². The molecular formula is C29H31FO. The highest BCUT2D eigenvalue weighted by Crippen LogP contribution is 2.25. The van der Waals surface area contributed by atoms with E-state index in [0.717, 1.165) is 62.0 Å². The molecular weight excluding hydrogens is 383 g/mol. The first-order chi connectivity index (χ1) is 15.2. The molecule has 3 rings (SSSR count). The lowest BCUT2D eigenvalue weighted by Gasteiger charge is -2.09. The van der Waals surface area contributed by atoms with Gasteiger partial charge in [0.05, 0.1) is 6.61 Å². The summed E-state index contributed by atoms with van der Waals surface area (Å²) in [6.07, 6.45) is 5.67. The van der Waals surface area contributed by atoms with Crippen LogP contribution in [0.1, 0.15) is 49.8 Å². The molecule has 0 atom stereocenters. The Morgan fingerprint density at radius 1 is 0.806 bits per heavy atom. The van der Waals surface area contributed by atoms with E-state index in [-0.39, 0.29) is 5.82 Å². The minimum Gasteiger partial charge on any atom is -0.494 e. The molecule has 0 aromatic heterocycles. The maximum Gasteiger partial charge on any atom is 0.131 e. The molecule has 1 nitrogen and oxygen atoms in total. The molecule has 160 valence electrons. The van der Waals surface area contributed by atoms with Crippen molar-refractivity contribution in [3.63, 3.8) is 0 Å². The van der Waals surface area contributed by atoms with Gasteiger partial charge in [-0.15, -0.1) is 11.8 Å². The maximum atomic E-state index is 14.8. The number of aryl methyl sites for hydroxylation is 3. The third-order valence-corrected chi connectivity index (χ3v) is 5.41. The normalized spacial score (nSPS) is 10.4. The molecule has 0 N–H and O–H groups in total. The lowest BCUT2D eigenvalue weighted by atomic mass is 9.98. The zero-order chi connectivity index (χ0) is 21.9. The molecule has 0 saturated carbocycles. The molecule has 0 fully saturated rings. The van der Waals surface area contributed by atoms with Crippen LogP contribution in [0, 0.1) is 17.7 Å². The molecule has 3 aromatic rings. The molecule has 0 heterocycles. The third kappa shape index (κ3) is 7.00. The SMILES string of the molecule is CC#CCCc1ccc(-c2ccc(CCc3ccc(OCCCC)cc3)cc2F)cc1. The minimum absolute atomic E-state index is 0.165. The number of unbranched alkanes of at least 4 members (excludes halogenated alkanes) is 1. The number of rotatable bonds is 10. The second-order valence-corrected chi connectivity index (χ2v) is 7.78. The lowest BCUT2D eigenvalue weighted by Crippen LogP contribution is -1.97. The van der Waals surface area contributed by atoms with Crippen molar-refractivity contribution < 1.29 is 9.13 Å². The largest absolute Gasteiger partial charge is 0.494 e. The van der Waals surface area contributed by atoms with E-state index in [2.05, 4.69) is 43.0 Å². The van der Waals surface area contributed by atoms with Crippen molar-refractivity contribution in [3.8, 4) is 28.7 Å². The van der Waals surface area contributed by atoms with Crippen LogP contribution < -0.4 is 4.74 Å². The molecule has 0 radical (unpaired) electrons. The highest BCUT2D eigenvalue weighted by Gasteiger charge is 2.07. The second-order valence-electron chi connectivity index (χ2n) is 7.78. The Kier molecular flexibility index (Phi) is 8.73. The molecule has 0 saturated heterocycles. The average molecular weight is 415 g/mol. The van der Waals surface area contributed by atoms with Gasteiger partial charge in [0.1, 0.15) is 11.6 Å². The lowest BCUT2D eigenvalue weighted by molar-refractivity contribution is 0.309. The van der Waals surface area contributed by atoms with Crippen LogP contribution in [0.2, 0.25) is 0 Å². The van der Waals surface area contributed by atoms with Gasteiger partial charge in [-0.3, -0.25) is 0 Å². The van der Waals surface area contributed by atoms with Gasteiger partial charge in [-0.2, -0.15) is 0 Å². The smallest absolute Gasteiger partial charge is 0.131 e. The van der Waals surface area contributed by atoms with Gasteiger partial charge in [0.2, 0.25) is 0 Å². The number of hydrogen-bond acceptors (Lipinski definition) is 1. The van der Waals surface area contributed by atoms with Crippen LogP contribution in [0.25, 0.3) is 11.1 Å². The molecule has 0 spiro atoms. The molecule has 3 aromatic carbocycles. The highest BCUT2D eigenvalue weighted by atomic mass is 19.1. The van der Waals surface area contributed by atoms with Gasteiger partial charge in [-0.05, 0) is 73.1 Å². The molecule has 0 aliphatic heterocycles. The number of benzene rings is 3. The zero-order valence-electron chi connectivity index (χ0n) is 18.6. The van der Waals surface area contributed by atoms with Gasteiger partial charge in [-0.1, -0.05) is 61.9 Å². The predicted molar refractivity (Wildman–Crippen MR) is 128 cm³/mol. The fourth-order valence-electron chi connectivity index (χ4n) is 3.51. The average Bonchev–Trinajstić information content (AvgIpc) is 2.80. The van der Waals surface area contributed by atoms with Gasteiger partial charge in [0.15, 0.2) is 0 Å². The molecule has 2 heteroatoms. The molecule has 31 heavy (non-hydrogen) atoms. The van der Waals surface area contributed by atoms with Crippen molar-refractivity contribution in [2.45, 2.75) is 52.4 Å².